The fourth-order valence-electron chi connectivity index (χ4n) is 0.578. The summed E-state index contributed by atoms with van der Waals surface area (Å²) in [5, 5.41) is 3.10. The summed E-state index contributed by atoms with van der Waals surface area (Å²) < 4.78 is 0. The van der Waals surface area contributed by atoms with Crippen molar-refractivity contribution in [2.45, 2.75) is 0 Å². The van der Waals surface area contributed by atoms with E-state index in [1.54, 1.807) is 6.07 Å². The lowest BCUT2D eigenvalue weighted by Gasteiger charge is -1.98. The van der Waals surface area contributed by atoms with Crippen LogP contribution in [0.1, 0.15) is 0 Å². The number of nitrogens with one attached hydrogen (secondary N) is 1. The lowest BCUT2D eigenvalue weighted by molar-refractivity contribution is 1.59. The van der Waals surface area contributed by atoms with Gasteiger partial charge in [-0.3, -0.25) is 0 Å². The summed E-state index contributed by atoms with van der Waals surface area (Å²) in [4.78, 5) is 0. The van der Waals surface area contributed by atoms with Gasteiger partial charge in [0.2, 0.25) is 0 Å². The highest BCUT2D eigenvalue weighted by atomic mass is 35.5. The summed E-state index contributed by atoms with van der Waals surface area (Å²) in [6.07, 6.45) is 0. The highest BCUT2D eigenvalue weighted by Crippen LogP contribution is 2.19. The predicted octanol–water partition coefficient (Wildman–Crippen LogP) is 2.42. The van der Waals surface area contributed by atoms with Gasteiger partial charge in [-0.25, -0.2) is 0 Å². The van der Waals surface area contributed by atoms with Crippen molar-refractivity contribution in [3.63, 3.8) is 0 Å². The Bertz CT molecular complexity index is 198. The van der Waals surface area contributed by atoms with Gasteiger partial charge in [-0.2, -0.15) is 0 Å². The number of rotatable bonds is 1. The van der Waals surface area contributed by atoms with E-state index in [1.807, 2.05) is 18.2 Å². The van der Waals surface area contributed by atoms with E-state index in [2.05, 4.69) is 5.32 Å². The van der Waals surface area contributed by atoms with Crippen molar-refractivity contribution >= 4 is 17.3 Å². The average molecular weight is 140 g/mol. The first-order valence-electron chi connectivity index (χ1n) is 2.56. The van der Waals surface area contributed by atoms with Crippen LogP contribution in [0.2, 0.25) is 5.02 Å². The van der Waals surface area contributed by atoms with Gasteiger partial charge in [0.15, 0.2) is 0 Å². The first-order chi connectivity index (χ1) is 4.34. The first-order valence-corrected chi connectivity index (χ1v) is 2.93. The highest BCUT2D eigenvalue weighted by molar-refractivity contribution is 6.33. The van der Waals surface area contributed by atoms with Gasteiger partial charge in [0.1, 0.15) is 0 Å². The lowest BCUT2D eigenvalue weighted by atomic mass is 10.3. The number of para-hydroxylation sites is 1. The fraction of sp³-hybridized carbons (Fsp3) is 0. The Morgan fingerprint density at radius 2 is 2.00 bits per heavy atom. The molecule has 0 spiro atoms. The summed E-state index contributed by atoms with van der Waals surface area (Å²) >= 11 is 5.68. The molecule has 1 rings (SSSR count). The smallest absolute Gasteiger partial charge is 0.0705 e. The minimum atomic E-state index is 0.639. The molecule has 0 atom stereocenters. The van der Waals surface area contributed by atoms with Gasteiger partial charge in [-0.1, -0.05) is 23.7 Å². The third kappa shape index (κ3) is 1.36. The number of hydrogen-bond donors (Lipinski definition) is 1. The molecule has 46 valence electrons. The molecular formula is C7H6ClN. The van der Waals surface area contributed by atoms with Crippen molar-refractivity contribution in [1.29, 1.82) is 0 Å². The number of anilines is 1. The van der Waals surface area contributed by atoms with E-state index in [-0.39, 0.29) is 0 Å². The van der Waals surface area contributed by atoms with Crippen LogP contribution in [-0.2, 0) is 0 Å². The van der Waals surface area contributed by atoms with Gasteiger partial charge in [0, 0.05) is 0 Å². The van der Waals surface area contributed by atoms with E-state index in [1.165, 1.54) is 0 Å². The standard InChI is InChI=1S/C7H6ClN/c1-9-7-5-3-2-4-6(7)8/h1-5,9H. The molecule has 0 bridgehead atoms. The van der Waals surface area contributed by atoms with Crippen molar-refractivity contribution in [1.82, 2.24) is 0 Å². The van der Waals surface area contributed by atoms with Crippen LogP contribution >= 0.6 is 11.6 Å². The molecule has 0 aromatic heterocycles. The summed E-state index contributed by atoms with van der Waals surface area (Å²) in [7, 11) is 5.12. The van der Waals surface area contributed by atoms with Crippen molar-refractivity contribution in [3.05, 3.63) is 36.3 Å². The van der Waals surface area contributed by atoms with E-state index in [0.29, 0.717) is 5.02 Å². The van der Waals surface area contributed by atoms with Crippen molar-refractivity contribution in [2.75, 3.05) is 5.32 Å². The molecule has 1 nitrogen and oxygen atoms in total. The summed E-state index contributed by atoms with van der Waals surface area (Å²) in [6.45, 7) is 0. The molecule has 2 radical (unpaired) electrons. The molecule has 1 N–H and O–H groups in total. The summed E-state index contributed by atoms with van der Waals surface area (Å²) in [5.74, 6) is 0. The van der Waals surface area contributed by atoms with Crippen LogP contribution < -0.4 is 5.32 Å². The van der Waals surface area contributed by atoms with Crippen LogP contribution in [0.25, 0.3) is 0 Å². The quantitative estimate of drug-likeness (QED) is 0.590. The molecule has 1 aromatic carbocycles. The molecule has 9 heavy (non-hydrogen) atoms. The molecule has 0 fully saturated rings. The van der Waals surface area contributed by atoms with Crippen molar-refractivity contribution in [2.24, 2.45) is 0 Å². The van der Waals surface area contributed by atoms with Crippen LogP contribution in [0.3, 0.4) is 0 Å². The second-order valence-corrected chi connectivity index (χ2v) is 2.03. The van der Waals surface area contributed by atoms with Crippen LogP contribution in [0, 0.1) is 7.05 Å². The fourth-order valence-corrected chi connectivity index (χ4v) is 0.769. The minimum absolute atomic E-state index is 0.639. The van der Waals surface area contributed by atoms with Gasteiger partial charge < -0.3 is 5.32 Å². The number of halogens is 1. The normalized spacial score (nSPS) is 9.11. The molecule has 0 amide bonds. The molecule has 0 aliphatic heterocycles. The molecule has 2 heteroatoms. The Morgan fingerprint density at radius 1 is 1.33 bits per heavy atom. The molecule has 0 aliphatic rings. The molecule has 0 saturated carbocycles. The van der Waals surface area contributed by atoms with Gasteiger partial charge in [-0.15, -0.1) is 0 Å². The van der Waals surface area contributed by atoms with E-state index in [0.717, 1.165) is 5.69 Å². The Labute approximate surface area is 59.6 Å². The molecule has 0 saturated heterocycles. The van der Waals surface area contributed by atoms with Gasteiger partial charge >= 0.3 is 0 Å². The van der Waals surface area contributed by atoms with E-state index in [4.69, 9.17) is 18.6 Å². The second kappa shape index (κ2) is 2.74. The largest absolute Gasteiger partial charge is 0.377 e. The Hall–Kier alpha value is -0.690. The third-order valence-corrected chi connectivity index (χ3v) is 1.36. The topological polar surface area (TPSA) is 12.0 Å². The summed E-state index contributed by atoms with van der Waals surface area (Å²) in [6, 6.07) is 7.29. The molecule has 0 unspecified atom stereocenters. The number of benzene rings is 1. The van der Waals surface area contributed by atoms with Crippen molar-refractivity contribution in [3.8, 4) is 0 Å². The highest BCUT2D eigenvalue weighted by Gasteiger charge is 1.91. The maximum atomic E-state index is 5.68. The Balaban J connectivity index is 3.01. The molecule has 0 aliphatic carbocycles. The van der Waals surface area contributed by atoms with Gasteiger partial charge in [0.05, 0.1) is 17.8 Å². The summed E-state index contributed by atoms with van der Waals surface area (Å²) in [5.41, 5.74) is 0.749. The minimum Gasteiger partial charge on any atom is -0.377 e. The van der Waals surface area contributed by atoms with Crippen molar-refractivity contribution < 1.29 is 0 Å². The zero-order valence-electron chi connectivity index (χ0n) is 4.76. The zero-order chi connectivity index (χ0) is 6.69. The monoisotopic (exact) mass is 139 g/mol. The molecule has 0 heterocycles. The number of hydrogen-bond acceptors (Lipinski definition) is 1. The Morgan fingerprint density at radius 3 is 2.44 bits per heavy atom. The Kier molecular flexibility index (Phi) is 1.96. The predicted molar refractivity (Wildman–Crippen MR) is 39.4 cm³/mol. The lowest BCUT2D eigenvalue weighted by Crippen LogP contribution is -1.83. The van der Waals surface area contributed by atoms with Gasteiger partial charge in [-0.05, 0) is 12.1 Å². The third-order valence-electron chi connectivity index (χ3n) is 1.03. The second-order valence-electron chi connectivity index (χ2n) is 1.62. The average Bonchev–Trinajstić information content (AvgIpc) is 1.89. The first kappa shape index (κ1) is 6.43. The van der Waals surface area contributed by atoms with Gasteiger partial charge in [0.25, 0.3) is 0 Å². The zero-order valence-corrected chi connectivity index (χ0v) is 5.52. The van der Waals surface area contributed by atoms with E-state index in [9.17, 15) is 0 Å². The van der Waals surface area contributed by atoms with E-state index < -0.39 is 0 Å². The maximum absolute atomic E-state index is 5.68. The SMILES string of the molecule is [CH]Nc1ccccc1Cl. The maximum Gasteiger partial charge on any atom is 0.0705 e. The van der Waals surface area contributed by atoms with Crippen LogP contribution in [-0.4, -0.2) is 0 Å². The van der Waals surface area contributed by atoms with E-state index >= 15 is 0 Å². The van der Waals surface area contributed by atoms with Crippen LogP contribution in [0.4, 0.5) is 5.69 Å². The van der Waals surface area contributed by atoms with Crippen LogP contribution in [0.5, 0.6) is 0 Å². The molecule has 1 aromatic rings. The van der Waals surface area contributed by atoms with Crippen LogP contribution in [0.15, 0.2) is 24.3 Å². The molecular weight excluding hydrogens is 134 g/mol.